The summed E-state index contributed by atoms with van der Waals surface area (Å²) in [6.07, 6.45) is 6.11. The summed E-state index contributed by atoms with van der Waals surface area (Å²) in [5.74, 6) is 0. The van der Waals surface area contributed by atoms with Crippen LogP contribution in [-0.2, 0) is 5.41 Å². The molecule has 1 aliphatic rings. The quantitative estimate of drug-likeness (QED) is 0.665. The van der Waals surface area contributed by atoms with Crippen molar-refractivity contribution in [1.82, 2.24) is 0 Å². The smallest absolute Gasteiger partial charge is 0.224 e. The third-order valence-corrected chi connectivity index (χ3v) is 3.90. The van der Waals surface area contributed by atoms with Crippen LogP contribution in [0.2, 0.25) is 5.02 Å². The maximum atomic E-state index is 7.15. The highest BCUT2D eigenvalue weighted by molar-refractivity contribution is 6.30. The van der Waals surface area contributed by atoms with Crippen molar-refractivity contribution >= 4 is 11.6 Å². The Balaban J connectivity index is 2.31. The number of hydrogen-bond acceptors (Lipinski definition) is 0. The Kier molecular flexibility index (Phi) is 3.51. The van der Waals surface area contributed by atoms with Gasteiger partial charge in [0, 0.05) is 5.02 Å². The third-order valence-electron chi connectivity index (χ3n) is 3.65. The fourth-order valence-corrected chi connectivity index (χ4v) is 2.85. The SMILES string of the molecule is [C-]#[N+]CC1(c2ccc(Cl)cc2)CCCCC1. The molecule has 1 fully saturated rings. The van der Waals surface area contributed by atoms with Crippen molar-refractivity contribution in [2.75, 3.05) is 6.54 Å². The zero-order chi connectivity index (χ0) is 11.4. The van der Waals surface area contributed by atoms with Crippen molar-refractivity contribution in [2.24, 2.45) is 0 Å². The lowest BCUT2D eigenvalue weighted by atomic mass is 9.69. The first-order valence-electron chi connectivity index (χ1n) is 5.86. The summed E-state index contributed by atoms with van der Waals surface area (Å²) < 4.78 is 0. The van der Waals surface area contributed by atoms with Crippen LogP contribution in [0.3, 0.4) is 0 Å². The predicted octanol–water partition coefficient (Wildman–Crippen LogP) is 4.46. The third kappa shape index (κ3) is 2.23. The number of rotatable bonds is 2. The highest BCUT2D eigenvalue weighted by Crippen LogP contribution is 2.40. The van der Waals surface area contributed by atoms with E-state index >= 15 is 0 Å². The molecule has 1 aromatic rings. The Morgan fingerprint density at radius 1 is 1.12 bits per heavy atom. The predicted molar refractivity (Wildman–Crippen MR) is 67.7 cm³/mol. The van der Waals surface area contributed by atoms with Gasteiger partial charge in [0.1, 0.15) is 0 Å². The van der Waals surface area contributed by atoms with E-state index in [1.165, 1.54) is 24.8 Å². The van der Waals surface area contributed by atoms with Gasteiger partial charge in [-0.25, -0.2) is 6.57 Å². The molecule has 2 rings (SSSR count). The van der Waals surface area contributed by atoms with E-state index in [4.69, 9.17) is 18.2 Å². The van der Waals surface area contributed by atoms with Crippen LogP contribution in [0, 0.1) is 6.57 Å². The van der Waals surface area contributed by atoms with Gasteiger partial charge < -0.3 is 4.85 Å². The van der Waals surface area contributed by atoms with Crippen LogP contribution < -0.4 is 0 Å². The van der Waals surface area contributed by atoms with Crippen molar-refractivity contribution < 1.29 is 0 Å². The maximum Gasteiger partial charge on any atom is 0.224 e. The first-order chi connectivity index (χ1) is 7.77. The average Bonchev–Trinajstić information content (AvgIpc) is 2.31. The zero-order valence-corrected chi connectivity index (χ0v) is 10.1. The topological polar surface area (TPSA) is 4.36 Å². The fraction of sp³-hybridized carbons (Fsp3) is 0.500. The van der Waals surface area contributed by atoms with E-state index in [-0.39, 0.29) is 5.41 Å². The fourth-order valence-electron chi connectivity index (χ4n) is 2.72. The molecule has 0 radical (unpaired) electrons. The minimum atomic E-state index is 0.102. The van der Waals surface area contributed by atoms with E-state index < -0.39 is 0 Å². The summed E-state index contributed by atoms with van der Waals surface area (Å²) in [6.45, 7) is 7.77. The molecule has 0 aliphatic heterocycles. The van der Waals surface area contributed by atoms with Crippen molar-refractivity contribution in [3.05, 3.63) is 46.3 Å². The molecule has 0 bridgehead atoms. The van der Waals surface area contributed by atoms with Crippen molar-refractivity contribution in [1.29, 1.82) is 0 Å². The van der Waals surface area contributed by atoms with Gasteiger partial charge in [0.05, 0.1) is 5.41 Å². The molecule has 0 N–H and O–H groups in total. The van der Waals surface area contributed by atoms with Gasteiger partial charge in [-0.15, -0.1) is 0 Å². The highest BCUT2D eigenvalue weighted by Gasteiger charge is 2.36. The molecule has 1 nitrogen and oxygen atoms in total. The summed E-state index contributed by atoms with van der Waals surface area (Å²) in [5, 5.41) is 0.775. The van der Waals surface area contributed by atoms with E-state index in [0.717, 1.165) is 17.9 Å². The van der Waals surface area contributed by atoms with E-state index in [1.807, 2.05) is 12.1 Å². The molecule has 0 atom stereocenters. The van der Waals surface area contributed by atoms with Crippen LogP contribution >= 0.6 is 11.6 Å². The maximum absolute atomic E-state index is 7.15. The van der Waals surface area contributed by atoms with E-state index in [0.29, 0.717) is 6.54 Å². The minimum absolute atomic E-state index is 0.102. The molecule has 0 heterocycles. The monoisotopic (exact) mass is 233 g/mol. The van der Waals surface area contributed by atoms with E-state index in [9.17, 15) is 0 Å². The Labute approximate surface area is 102 Å². The molecule has 84 valence electrons. The van der Waals surface area contributed by atoms with Gasteiger partial charge in [-0.05, 0) is 30.5 Å². The van der Waals surface area contributed by atoms with Crippen molar-refractivity contribution in [2.45, 2.75) is 37.5 Å². The summed E-state index contributed by atoms with van der Waals surface area (Å²) in [7, 11) is 0. The largest absolute Gasteiger partial charge is 0.316 e. The van der Waals surface area contributed by atoms with Crippen LogP contribution in [0.25, 0.3) is 4.85 Å². The average molecular weight is 234 g/mol. The molecule has 0 spiro atoms. The number of nitrogens with zero attached hydrogens (tertiary/aromatic N) is 1. The number of halogens is 1. The molecule has 0 unspecified atom stereocenters. The second-order valence-corrected chi connectivity index (χ2v) is 5.10. The Morgan fingerprint density at radius 3 is 2.31 bits per heavy atom. The molecule has 0 amide bonds. The minimum Gasteiger partial charge on any atom is -0.316 e. The van der Waals surface area contributed by atoms with Gasteiger partial charge >= 0.3 is 0 Å². The Morgan fingerprint density at radius 2 is 1.75 bits per heavy atom. The summed E-state index contributed by atoms with van der Waals surface area (Å²) in [4.78, 5) is 3.65. The first-order valence-corrected chi connectivity index (χ1v) is 6.24. The lowest BCUT2D eigenvalue weighted by Crippen LogP contribution is -2.31. The van der Waals surface area contributed by atoms with Gasteiger partial charge in [0.25, 0.3) is 0 Å². The number of benzene rings is 1. The molecule has 16 heavy (non-hydrogen) atoms. The van der Waals surface area contributed by atoms with Crippen LogP contribution in [0.1, 0.15) is 37.7 Å². The van der Waals surface area contributed by atoms with Gasteiger partial charge in [0.2, 0.25) is 6.54 Å². The summed E-state index contributed by atoms with van der Waals surface area (Å²) in [5.41, 5.74) is 1.40. The van der Waals surface area contributed by atoms with Crippen LogP contribution in [0.5, 0.6) is 0 Å². The lowest BCUT2D eigenvalue weighted by molar-refractivity contribution is 0.313. The molecule has 2 heteroatoms. The highest BCUT2D eigenvalue weighted by atomic mass is 35.5. The second-order valence-electron chi connectivity index (χ2n) is 4.66. The molecular weight excluding hydrogens is 218 g/mol. The van der Waals surface area contributed by atoms with E-state index in [2.05, 4.69) is 17.0 Å². The molecule has 0 saturated heterocycles. The summed E-state index contributed by atoms with van der Waals surface area (Å²) in [6, 6.07) is 8.08. The lowest BCUT2D eigenvalue weighted by Gasteiger charge is -2.33. The van der Waals surface area contributed by atoms with Crippen molar-refractivity contribution in [3.63, 3.8) is 0 Å². The Hall–Kier alpha value is -1.00. The van der Waals surface area contributed by atoms with Gasteiger partial charge in [-0.2, -0.15) is 0 Å². The van der Waals surface area contributed by atoms with Gasteiger partial charge in [-0.1, -0.05) is 43.0 Å². The molecule has 1 aliphatic carbocycles. The molecule has 1 aromatic carbocycles. The Bertz CT molecular complexity index is 382. The van der Waals surface area contributed by atoms with E-state index in [1.54, 1.807) is 0 Å². The second kappa shape index (κ2) is 4.89. The standard InChI is InChI=1S/C14H16ClN/c1-16-11-14(9-3-2-4-10-14)12-5-7-13(15)8-6-12/h5-8H,2-4,9-11H2. The van der Waals surface area contributed by atoms with Crippen molar-refractivity contribution in [3.8, 4) is 0 Å². The molecule has 1 saturated carbocycles. The first kappa shape index (κ1) is 11.5. The zero-order valence-electron chi connectivity index (χ0n) is 9.38. The molecule has 0 aromatic heterocycles. The van der Waals surface area contributed by atoms with Crippen LogP contribution in [0.15, 0.2) is 24.3 Å². The number of hydrogen-bond donors (Lipinski definition) is 0. The summed E-state index contributed by atoms with van der Waals surface area (Å²) >= 11 is 5.91. The van der Waals surface area contributed by atoms with Crippen LogP contribution in [-0.4, -0.2) is 6.54 Å². The van der Waals surface area contributed by atoms with Gasteiger partial charge in [-0.3, -0.25) is 0 Å². The van der Waals surface area contributed by atoms with Gasteiger partial charge in [0.15, 0.2) is 0 Å². The normalized spacial score (nSPS) is 19.0. The van der Waals surface area contributed by atoms with Crippen LogP contribution in [0.4, 0.5) is 0 Å². The molecular formula is C14H16ClN.